The molecule has 2 N–H and O–H groups in total. The lowest BCUT2D eigenvalue weighted by atomic mass is 9.89. The zero-order valence-corrected chi connectivity index (χ0v) is 20.2. The second-order valence-corrected chi connectivity index (χ2v) is 9.81. The van der Waals surface area contributed by atoms with Crippen molar-refractivity contribution in [3.05, 3.63) is 71.3 Å². The van der Waals surface area contributed by atoms with Crippen LogP contribution in [0.25, 0.3) is 11.3 Å². The number of carboxylic acids is 2. The van der Waals surface area contributed by atoms with Gasteiger partial charge < -0.3 is 19.4 Å². The van der Waals surface area contributed by atoms with Crippen molar-refractivity contribution in [3.63, 3.8) is 0 Å². The summed E-state index contributed by atoms with van der Waals surface area (Å²) in [5.41, 5.74) is 0.514. The van der Waals surface area contributed by atoms with Crippen molar-refractivity contribution in [1.29, 1.82) is 0 Å². The number of carbonyl (C=O) groups is 2. The number of aliphatic carboxylic acids is 2. The van der Waals surface area contributed by atoms with E-state index in [-0.39, 0.29) is 12.5 Å². The number of oxazole rings is 1. The van der Waals surface area contributed by atoms with Crippen LogP contribution in [0.2, 0.25) is 0 Å². The number of halogens is 3. The first-order chi connectivity index (χ1) is 17.4. The molecule has 1 aliphatic rings. The number of nitrogens with zero attached hydrogens (tertiary/aromatic N) is 1. The zero-order chi connectivity index (χ0) is 27.0. The van der Waals surface area contributed by atoms with Crippen LogP contribution in [0.4, 0.5) is 13.2 Å². The van der Waals surface area contributed by atoms with E-state index in [1.807, 2.05) is 13.8 Å². The van der Waals surface area contributed by atoms with E-state index in [1.165, 1.54) is 18.4 Å². The Bertz CT molecular complexity index is 1290. The lowest BCUT2D eigenvalue weighted by Crippen LogP contribution is -2.27. The molecule has 196 valence electrons. The summed E-state index contributed by atoms with van der Waals surface area (Å²) >= 11 is 0. The van der Waals surface area contributed by atoms with Gasteiger partial charge in [-0.15, -0.1) is 0 Å². The van der Waals surface area contributed by atoms with Crippen molar-refractivity contribution in [2.75, 3.05) is 6.61 Å². The van der Waals surface area contributed by atoms with Crippen molar-refractivity contribution in [1.82, 2.24) is 4.98 Å². The fourth-order valence-electron chi connectivity index (χ4n) is 4.17. The van der Waals surface area contributed by atoms with Gasteiger partial charge >= 0.3 is 18.1 Å². The van der Waals surface area contributed by atoms with Gasteiger partial charge in [0.2, 0.25) is 5.89 Å². The van der Waals surface area contributed by atoms with Gasteiger partial charge in [-0.2, -0.15) is 13.2 Å². The number of carboxylic acid groups (broad SMARTS) is 2. The third kappa shape index (κ3) is 5.95. The molecule has 1 unspecified atom stereocenters. The lowest BCUT2D eigenvalue weighted by Gasteiger charge is -2.24. The number of ether oxygens (including phenoxy) is 1. The Balaban J connectivity index is 1.54. The molecule has 0 saturated heterocycles. The minimum absolute atomic E-state index is 0.0953. The highest BCUT2D eigenvalue weighted by atomic mass is 19.4. The fourth-order valence-corrected chi connectivity index (χ4v) is 4.17. The summed E-state index contributed by atoms with van der Waals surface area (Å²) < 4.78 is 50.3. The molecule has 37 heavy (non-hydrogen) atoms. The van der Waals surface area contributed by atoms with Crippen LogP contribution in [0.5, 0.6) is 5.75 Å². The first-order valence-electron chi connectivity index (χ1n) is 11.7. The van der Waals surface area contributed by atoms with E-state index in [9.17, 15) is 33.0 Å². The topological polar surface area (TPSA) is 110 Å². The third-order valence-corrected chi connectivity index (χ3v) is 6.32. The average Bonchev–Trinajstić information content (AvgIpc) is 3.54. The number of alkyl halides is 3. The number of hydrogen-bond acceptors (Lipinski definition) is 5. The van der Waals surface area contributed by atoms with Crippen molar-refractivity contribution in [2.24, 2.45) is 0 Å². The summed E-state index contributed by atoms with van der Waals surface area (Å²) in [4.78, 5) is 27.6. The van der Waals surface area contributed by atoms with Gasteiger partial charge in [0.05, 0.1) is 23.3 Å². The molecule has 1 atom stereocenters. The predicted molar refractivity (Wildman–Crippen MR) is 127 cm³/mol. The number of aromatic nitrogens is 1. The molecule has 4 rings (SSSR count). The Hall–Kier alpha value is -3.82. The van der Waals surface area contributed by atoms with Gasteiger partial charge in [0.1, 0.15) is 24.3 Å². The summed E-state index contributed by atoms with van der Waals surface area (Å²) in [6.45, 7) is 3.78. The van der Waals surface area contributed by atoms with Gasteiger partial charge in [-0.3, -0.25) is 9.59 Å². The smallest absolute Gasteiger partial charge is 0.416 e. The van der Waals surface area contributed by atoms with Crippen molar-refractivity contribution < 1.29 is 42.1 Å². The Kier molecular flexibility index (Phi) is 7.03. The van der Waals surface area contributed by atoms with Gasteiger partial charge in [-0.25, -0.2) is 4.98 Å². The van der Waals surface area contributed by atoms with Gasteiger partial charge in [0.25, 0.3) is 0 Å². The van der Waals surface area contributed by atoms with Crippen molar-refractivity contribution >= 4 is 11.9 Å². The predicted octanol–water partition coefficient (Wildman–Crippen LogP) is 6.24. The molecule has 1 heterocycles. The summed E-state index contributed by atoms with van der Waals surface area (Å²) in [6, 6.07) is 9.65. The maximum atomic E-state index is 12.9. The minimum Gasteiger partial charge on any atom is -0.492 e. The monoisotopic (exact) mass is 517 g/mol. The van der Waals surface area contributed by atoms with Gasteiger partial charge in [0.15, 0.2) is 0 Å². The minimum atomic E-state index is -4.43. The first-order valence-corrected chi connectivity index (χ1v) is 11.7. The molecule has 3 aromatic rings. The molecule has 2 aromatic carbocycles. The Labute approximate surface area is 210 Å². The number of rotatable bonds is 10. The van der Waals surface area contributed by atoms with E-state index in [2.05, 4.69) is 4.98 Å². The molecular formula is C27H26F3NO6. The van der Waals surface area contributed by atoms with Crippen LogP contribution in [0.1, 0.15) is 67.5 Å². The van der Waals surface area contributed by atoms with Gasteiger partial charge in [-0.1, -0.05) is 24.3 Å². The summed E-state index contributed by atoms with van der Waals surface area (Å²) in [5, 5.41) is 18.9. The quantitative estimate of drug-likeness (QED) is 0.328. The van der Waals surface area contributed by atoms with Crippen LogP contribution in [0.15, 0.2) is 53.1 Å². The summed E-state index contributed by atoms with van der Waals surface area (Å²) in [7, 11) is 0. The Morgan fingerprint density at radius 2 is 1.78 bits per heavy atom. The van der Waals surface area contributed by atoms with Crippen LogP contribution in [-0.4, -0.2) is 33.7 Å². The molecule has 7 nitrogen and oxygen atoms in total. The van der Waals surface area contributed by atoms with E-state index in [4.69, 9.17) is 9.15 Å². The van der Waals surface area contributed by atoms with Gasteiger partial charge in [-0.05, 0) is 56.4 Å². The third-order valence-electron chi connectivity index (χ3n) is 6.32. The van der Waals surface area contributed by atoms with E-state index in [0.717, 1.165) is 25.0 Å². The van der Waals surface area contributed by atoms with Crippen LogP contribution < -0.4 is 4.74 Å². The zero-order valence-electron chi connectivity index (χ0n) is 20.2. The molecule has 0 amide bonds. The number of benzene rings is 2. The van der Waals surface area contributed by atoms with Crippen LogP contribution >= 0.6 is 0 Å². The maximum Gasteiger partial charge on any atom is 0.416 e. The SMILES string of the molecule is CC(C)(COc1cccc(C(CC(=O)O)C(=O)O)c1C1CC1)c1nc(-c2ccc(C(F)(F)F)cc2)co1. The average molecular weight is 518 g/mol. The van der Waals surface area contributed by atoms with Crippen molar-refractivity contribution in [2.45, 2.75) is 56.5 Å². The van der Waals surface area contributed by atoms with E-state index in [0.29, 0.717) is 34.0 Å². The maximum absolute atomic E-state index is 12.9. The molecule has 1 fully saturated rings. The molecule has 1 saturated carbocycles. The van der Waals surface area contributed by atoms with Gasteiger partial charge in [0, 0.05) is 11.1 Å². The van der Waals surface area contributed by atoms with Crippen LogP contribution in [0, 0.1) is 0 Å². The molecule has 0 radical (unpaired) electrons. The summed E-state index contributed by atoms with van der Waals surface area (Å²) in [6.07, 6.45) is -1.88. The van der Waals surface area contributed by atoms with E-state index >= 15 is 0 Å². The molecule has 0 spiro atoms. The highest BCUT2D eigenvalue weighted by molar-refractivity contribution is 5.83. The molecule has 1 aromatic heterocycles. The highest BCUT2D eigenvalue weighted by Gasteiger charge is 2.36. The second kappa shape index (κ2) is 9.91. The molecule has 1 aliphatic carbocycles. The largest absolute Gasteiger partial charge is 0.492 e. The standard InChI is InChI=1S/C27H26F3NO6/c1-26(2,25-31-20(13-36-25)15-8-10-17(11-9-15)27(28,29)30)14-37-21-5-3-4-18(23(21)16-6-7-16)19(24(34)35)12-22(32)33/h3-5,8-11,13,16,19H,6-7,12,14H2,1-2H3,(H,32,33)(H,34,35). The lowest BCUT2D eigenvalue weighted by molar-refractivity contribution is -0.145. The normalized spacial score (nSPS) is 14.8. The Morgan fingerprint density at radius 3 is 2.35 bits per heavy atom. The first kappa shape index (κ1) is 26.2. The Morgan fingerprint density at radius 1 is 1.11 bits per heavy atom. The molecule has 0 aliphatic heterocycles. The van der Waals surface area contributed by atoms with Crippen LogP contribution in [0.3, 0.4) is 0 Å². The molecular weight excluding hydrogens is 491 g/mol. The van der Waals surface area contributed by atoms with E-state index in [1.54, 1.807) is 18.2 Å². The fraction of sp³-hybridized carbons (Fsp3) is 0.370. The van der Waals surface area contributed by atoms with E-state index < -0.39 is 41.4 Å². The second-order valence-electron chi connectivity index (χ2n) is 9.81. The highest BCUT2D eigenvalue weighted by Crippen LogP contribution is 2.48. The molecule has 10 heteroatoms. The summed E-state index contributed by atoms with van der Waals surface area (Å²) in [5.74, 6) is -2.70. The van der Waals surface area contributed by atoms with Crippen molar-refractivity contribution in [3.8, 4) is 17.0 Å². The number of hydrogen-bond donors (Lipinski definition) is 2. The van der Waals surface area contributed by atoms with Crippen LogP contribution in [-0.2, 0) is 21.2 Å². The molecule has 0 bridgehead atoms.